The number of ether oxygens (including phenoxy) is 1. The highest BCUT2D eigenvalue weighted by Gasteiger charge is 2.40. The number of carbonyl (C=O) groups is 1. The van der Waals surface area contributed by atoms with Gasteiger partial charge in [-0.25, -0.2) is 4.89 Å². The second-order valence-corrected chi connectivity index (χ2v) is 4.05. The van der Waals surface area contributed by atoms with Gasteiger partial charge < -0.3 is 4.74 Å². The highest BCUT2D eigenvalue weighted by Crippen LogP contribution is 2.30. The zero-order valence-electron chi connectivity index (χ0n) is 8.90. The number of cyclic esters (lactones) is 1. The van der Waals surface area contributed by atoms with Crippen LogP contribution in [0.3, 0.4) is 0 Å². The third kappa shape index (κ3) is 2.25. The zero-order chi connectivity index (χ0) is 10.7. The van der Waals surface area contributed by atoms with Crippen LogP contribution in [0.15, 0.2) is 0 Å². The molecule has 0 spiro atoms. The fourth-order valence-corrected chi connectivity index (χ4v) is 1.86. The van der Waals surface area contributed by atoms with Gasteiger partial charge in [0.2, 0.25) is 0 Å². The summed E-state index contributed by atoms with van der Waals surface area (Å²) in [6.45, 7) is 5.81. The lowest BCUT2D eigenvalue weighted by Gasteiger charge is -2.22. The van der Waals surface area contributed by atoms with Crippen molar-refractivity contribution < 1.29 is 19.7 Å². The molecule has 4 unspecified atom stereocenters. The van der Waals surface area contributed by atoms with Crippen molar-refractivity contribution in [2.24, 2.45) is 11.8 Å². The lowest BCUT2D eigenvalue weighted by molar-refractivity contribution is -0.298. The number of rotatable bonds is 4. The normalized spacial score (nSPS) is 31.3. The topological polar surface area (TPSA) is 55.8 Å². The molecule has 1 heterocycles. The second kappa shape index (κ2) is 4.75. The van der Waals surface area contributed by atoms with E-state index < -0.39 is 6.10 Å². The molecule has 0 aromatic rings. The quantitative estimate of drug-likeness (QED) is 0.429. The maximum Gasteiger partial charge on any atom is 0.312 e. The molecule has 1 aliphatic rings. The Hall–Kier alpha value is -0.610. The van der Waals surface area contributed by atoms with E-state index in [-0.39, 0.29) is 23.9 Å². The molecule has 0 aliphatic carbocycles. The average molecular weight is 202 g/mol. The highest BCUT2D eigenvalue weighted by atomic mass is 17.1. The van der Waals surface area contributed by atoms with Gasteiger partial charge in [0, 0.05) is 6.42 Å². The molecule has 1 N–H and O–H groups in total. The van der Waals surface area contributed by atoms with Crippen LogP contribution < -0.4 is 0 Å². The molecule has 4 heteroatoms. The van der Waals surface area contributed by atoms with E-state index in [2.05, 4.69) is 4.89 Å². The van der Waals surface area contributed by atoms with Gasteiger partial charge in [-0.1, -0.05) is 20.3 Å². The molecule has 4 nitrogen and oxygen atoms in total. The van der Waals surface area contributed by atoms with Crippen LogP contribution in [0.5, 0.6) is 0 Å². The molecule has 0 aromatic heterocycles. The molecule has 0 amide bonds. The number of carbonyl (C=O) groups excluding carboxylic acids is 1. The third-order valence-corrected chi connectivity index (χ3v) is 2.93. The number of hydrogen-bond acceptors (Lipinski definition) is 4. The van der Waals surface area contributed by atoms with Gasteiger partial charge in [0.1, 0.15) is 6.10 Å². The first-order valence-corrected chi connectivity index (χ1v) is 5.10. The van der Waals surface area contributed by atoms with Crippen molar-refractivity contribution >= 4 is 5.97 Å². The molecule has 1 rings (SSSR count). The Morgan fingerprint density at radius 1 is 1.71 bits per heavy atom. The minimum atomic E-state index is -0.433. The summed E-state index contributed by atoms with van der Waals surface area (Å²) >= 11 is 0. The van der Waals surface area contributed by atoms with Crippen LogP contribution >= 0.6 is 0 Å². The summed E-state index contributed by atoms with van der Waals surface area (Å²) in [4.78, 5) is 15.8. The summed E-state index contributed by atoms with van der Waals surface area (Å²) in [5, 5.41) is 8.78. The molecular weight excluding hydrogens is 184 g/mol. The Labute approximate surface area is 84.1 Å². The number of esters is 1. The predicted octanol–water partition coefficient (Wildman–Crippen LogP) is 1.84. The van der Waals surface area contributed by atoms with Crippen molar-refractivity contribution in [1.29, 1.82) is 0 Å². The van der Waals surface area contributed by atoms with Crippen LogP contribution in [0.2, 0.25) is 0 Å². The van der Waals surface area contributed by atoms with E-state index in [1.807, 2.05) is 20.8 Å². The molecule has 0 radical (unpaired) electrons. The summed E-state index contributed by atoms with van der Waals surface area (Å²) in [7, 11) is 0. The molecule has 1 fully saturated rings. The smallest absolute Gasteiger partial charge is 0.312 e. The Kier molecular flexibility index (Phi) is 3.89. The standard InChI is InChI=1S/C10H18O4/c1-4-6(2)9(14-12)8-5-7(3)13-10(8)11/h6-9,12H,4-5H2,1-3H3. The van der Waals surface area contributed by atoms with E-state index in [1.54, 1.807) is 0 Å². The maximum atomic E-state index is 11.4. The molecule has 82 valence electrons. The summed E-state index contributed by atoms with van der Waals surface area (Å²) in [6.07, 6.45) is 1.00. The van der Waals surface area contributed by atoms with Crippen LogP contribution in [0, 0.1) is 11.8 Å². The van der Waals surface area contributed by atoms with Gasteiger partial charge in [-0.3, -0.25) is 10.1 Å². The minimum absolute atomic E-state index is 0.0609. The van der Waals surface area contributed by atoms with Gasteiger partial charge in [-0.15, -0.1) is 0 Å². The first-order valence-electron chi connectivity index (χ1n) is 5.10. The molecule has 0 bridgehead atoms. The van der Waals surface area contributed by atoms with Crippen molar-refractivity contribution in [3.63, 3.8) is 0 Å². The van der Waals surface area contributed by atoms with Crippen LogP contribution in [0.4, 0.5) is 0 Å². The van der Waals surface area contributed by atoms with Crippen molar-refractivity contribution in [3.8, 4) is 0 Å². The Balaban J connectivity index is 2.65. The van der Waals surface area contributed by atoms with E-state index in [0.717, 1.165) is 6.42 Å². The van der Waals surface area contributed by atoms with Crippen LogP contribution in [0.25, 0.3) is 0 Å². The highest BCUT2D eigenvalue weighted by molar-refractivity contribution is 5.75. The molecule has 0 aromatic carbocycles. The van der Waals surface area contributed by atoms with E-state index in [0.29, 0.717) is 6.42 Å². The largest absolute Gasteiger partial charge is 0.462 e. The van der Waals surface area contributed by atoms with Crippen molar-refractivity contribution in [2.75, 3.05) is 0 Å². The zero-order valence-corrected chi connectivity index (χ0v) is 8.90. The van der Waals surface area contributed by atoms with Gasteiger partial charge in [-0.2, -0.15) is 0 Å². The second-order valence-electron chi connectivity index (χ2n) is 4.05. The third-order valence-electron chi connectivity index (χ3n) is 2.93. The van der Waals surface area contributed by atoms with Gasteiger partial charge >= 0.3 is 5.97 Å². The fourth-order valence-electron chi connectivity index (χ4n) is 1.86. The Morgan fingerprint density at radius 2 is 2.36 bits per heavy atom. The van der Waals surface area contributed by atoms with Crippen LogP contribution in [-0.2, 0) is 14.4 Å². The van der Waals surface area contributed by atoms with E-state index in [4.69, 9.17) is 9.99 Å². The van der Waals surface area contributed by atoms with E-state index in [9.17, 15) is 4.79 Å². The molecule has 1 saturated heterocycles. The molecular formula is C10H18O4. The van der Waals surface area contributed by atoms with Crippen molar-refractivity contribution in [3.05, 3.63) is 0 Å². The SMILES string of the molecule is CCC(C)C(OO)C1CC(C)OC1=O. The van der Waals surface area contributed by atoms with Gasteiger partial charge in [0.05, 0.1) is 12.0 Å². The maximum absolute atomic E-state index is 11.4. The summed E-state index contributed by atoms with van der Waals surface area (Å²) in [5.74, 6) is -0.412. The summed E-state index contributed by atoms with van der Waals surface area (Å²) in [5.41, 5.74) is 0. The van der Waals surface area contributed by atoms with Gasteiger partial charge in [0.15, 0.2) is 0 Å². The first kappa shape index (κ1) is 11.5. The van der Waals surface area contributed by atoms with Gasteiger partial charge in [0.25, 0.3) is 0 Å². The monoisotopic (exact) mass is 202 g/mol. The molecule has 1 aliphatic heterocycles. The fraction of sp³-hybridized carbons (Fsp3) is 0.900. The van der Waals surface area contributed by atoms with Crippen LogP contribution in [0.1, 0.15) is 33.6 Å². The summed E-state index contributed by atoms with van der Waals surface area (Å²) in [6, 6.07) is 0. The first-order chi connectivity index (χ1) is 6.60. The Bertz CT molecular complexity index is 204. The van der Waals surface area contributed by atoms with Crippen molar-refractivity contribution in [1.82, 2.24) is 0 Å². The Morgan fingerprint density at radius 3 is 2.71 bits per heavy atom. The van der Waals surface area contributed by atoms with Gasteiger partial charge in [-0.05, 0) is 12.8 Å². The lowest BCUT2D eigenvalue weighted by Crippen LogP contribution is -2.32. The van der Waals surface area contributed by atoms with E-state index in [1.165, 1.54) is 0 Å². The predicted molar refractivity (Wildman–Crippen MR) is 50.6 cm³/mol. The van der Waals surface area contributed by atoms with E-state index >= 15 is 0 Å². The average Bonchev–Trinajstić information content (AvgIpc) is 2.47. The molecule has 0 saturated carbocycles. The molecule has 14 heavy (non-hydrogen) atoms. The van der Waals surface area contributed by atoms with Crippen LogP contribution in [-0.4, -0.2) is 23.4 Å². The van der Waals surface area contributed by atoms with Crippen molar-refractivity contribution in [2.45, 2.75) is 45.8 Å². The minimum Gasteiger partial charge on any atom is -0.462 e. The summed E-state index contributed by atoms with van der Waals surface area (Å²) < 4.78 is 5.02. The lowest BCUT2D eigenvalue weighted by atomic mass is 9.88. The molecule has 4 atom stereocenters. The number of hydrogen-bond donors (Lipinski definition) is 1.